The number of rotatable bonds is 7. The molecule has 2 unspecified atom stereocenters. The molecule has 11 nitrogen and oxygen atoms in total. The largest absolute Gasteiger partial charge is 0.357 e. The first kappa shape index (κ1) is 29.6. The SMILES string of the molecule is CNC(=O)C1(N2CC(C(C)(C)C)NC2=O)Cc2ccc(NC(=O)[C@@H](NC(=O)c3ccnn3C)C3CCCCC3)cc2C1. The van der Waals surface area contributed by atoms with E-state index in [-0.39, 0.29) is 41.1 Å². The van der Waals surface area contributed by atoms with Crippen LogP contribution in [0.5, 0.6) is 0 Å². The van der Waals surface area contributed by atoms with Crippen LogP contribution in [-0.4, -0.2) is 69.6 Å². The van der Waals surface area contributed by atoms with Crippen LogP contribution in [0.1, 0.15) is 74.5 Å². The number of fused-ring (bicyclic) bond motifs is 1. The number of carbonyl (C=O) groups excluding carboxylic acids is 4. The van der Waals surface area contributed by atoms with Crippen molar-refractivity contribution in [3.05, 3.63) is 47.3 Å². The van der Waals surface area contributed by atoms with Crippen molar-refractivity contribution in [2.45, 2.75) is 83.3 Å². The number of likely N-dealkylation sites (N-methyl/N-ethyl adjacent to an activating group) is 1. The standard InChI is InChI=1S/C31H43N7O4/c1-30(2,3)24-18-38(29(42)35-24)31(28(41)32-4)16-20-11-12-22(15-21(20)17-31)34-27(40)25(19-9-7-6-8-10-19)36-26(39)23-13-14-33-37(23)5/h11-15,19,24-25H,6-10,16-18H2,1-5H3,(H,32,41)(H,34,40)(H,35,42)(H,36,39)/t24?,25-,31?/m0/s1. The van der Waals surface area contributed by atoms with Crippen molar-refractivity contribution in [2.75, 3.05) is 18.9 Å². The Kier molecular flexibility index (Phi) is 8.04. The molecule has 1 aromatic carbocycles. The van der Waals surface area contributed by atoms with Gasteiger partial charge in [-0.3, -0.25) is 19.1 Å². The third kappa shape index (κ3) is 5.61. The molecule has 2 aromatic rings. The number of nitrogens with zero attached hydrogens (tertiary/aromatic N) is 3. The van der Waals surface area contributed by atoms with Crippen molar-refractivity contribution in [3.63, 3.8) is 0 Å². The molecule has 1 saturated carbocycles. The van der Waals surface area contributed by atoms with Crippen LogP contribution in [0.15, 0.2) is 30.5 Å². The lowest BCUT2D eigenvalue weighted by molar-refractivity contribution is -0.130. The summed E-state index contributed by atoms with van der Waals surface area (Å²) < 4.78 is 1.49. The van der Waals surface area contributed by atoms with Gasteiger partial charge in [0, 0.05) is 45.4 Å². The first-order valence-electron chi connectivity index (χ1n) is 14.9. The fraction of sp³-hybridized carbons (Fsp3) is 0.581. The summed E-state index contributed by atoms with van der Waals surface area (Å²) in [6.45, 7) is 6.66. The zero-order valence-corrected chi connectivity index (χ0v) is 25.3. The Bertz CT molecular complexity index is 1370. The van der Waals surface area contributed by atoms with Gasteiger partial charge >= 0.3 is 6.03 Å². The Morgan fingerprint density at radius 1 is 1.07 bits per heavy atom. The normalized spacial score (nSPS) is 23.2. The van der Waals surface area contributed by atoms with Crippen molar-refractivity contribution in [3.8, 4) is 0 Å². The molecule has 5 amide bonds. The molecule has 2 fully saturated rings. The summed E-state index contributed by atoms with van der Waals surface area (Å²) in [7, 11) is 3.29. The van der Waals surface area contributed by atoms with Gasteiger partial charge in [0.05, 0.1) is 6.04 Å². The molecule has 1 aromatic heterocycles. The minimum atomic E-state index is -1.05. The molecule has 3 atom stereocenters. The summed E-state index contributed by atoms with van der Waals surface area (Å²) in [4.78, 5) is 55.0. The van der Waals surface area contributed by atoms with E-state index in [1.807, 2.05) is 18.2 Å². The number of hydrogen-bond donors (Lipinski definition) is 4. The molecule has 226 valence electrons. The number of benzene rings is 1. The van der Waals surface area contributed by atoms with E-state index in [1.54, 1.807) is 31.3 Å². The summed E-state index contributed by atoms with van der Waals surface area (Å²) in [5.74, 6) is -0.762. The summed E-state index contributed by atoms with van der Waals surface area (Å²) >= 11 is 0. The van der Waals surface area contributed by atoms with Gasteiger partial charge in [0.2, 0.25) is 11.8 Å². The van der Waals surface area contributed by atoms with Crippen LogP contribution in [0.2, 0.25) is 0 Å². The fourth-order valence-corrected chi connectivity index (χ4v) is 6.73. The van der Waals surface area contributed by atoms with E-state index in [0.29, 0.717) is 30.8 Å². The van der Waals surface area contributed by atoms with Crippen molar-refractivity contribution in [1.29, 1.82) is 0 Å². The van der Waals surface area contributed by atoms with Crippen molar-refractivity contribution >= 4 is 29.4 Å². The highest BCUT2D eigenvalue weighted by Crippen LogP contribution is 2.39. The predicted molar refractivity (Wildman–Crippen MR) is 159 cm³/mol. The predicted octanol–water partition coefficient (Wildman–Crippen LogP) is 2.76. The Morgan fingerprint density at radius 3 is 2.40 bits per heavy atom. The second-order valence-electron chi connectivity index (χ2n) is 13.1. The van der Waals surface area contributed by atoms with Gasteiger partial charge in [-0.1, -0.05) is 46.1 Å². The number of nitrogens with one attached hydrogen (secondary N) is 4. The first-order chi connectivity index (χ1) is 19.9. The molecule has 42 heavy (non-hydrogen) atoms. The minimum absolute atomic E-state index is 0.0377. The molecule has 2 heterocycles. The Hall–Kier alpha value is -3.89. The number of amides is 5. The van der Waals surface area contributed by atoms with Gasteiger partial charge in [0.1, 0.15) is 17.3 Å². The molecule has 0 spiro atoms. The number of aromatic nitrogens is 2. The Labute approximate surface area is 247 Å². The van der Waals surface area contributed by atoms with E-state index in [0.717, 1.165) is 43.2 Å². The van der Waals surface area contributed by atoms with E-state index < -0.39 is 11.6 Å². The van der Waals surface area contributed by atoms with Gasteiger partial charge in [-0.05, 0) is 53.5 Å². The summed E-state index contributed by atoms with van der Waals surface area (Å²) in [5, 5.41) is 16.0. The third-order valence-corrected chi connectivity index (χ3v) is 9.30. The Balaban J connectivity index is 1.36. The van der Waals surface area contributed by atoms with Crippen molar-refractivity contribution in [1.82, 2.24) is 30.6 Å². The van der Waals surface area contributed by atoms with Gasteiger partial charge in [0.25, 0.3) is 5.91 Å². The third-order valence-electron chi connectivity index (χ3n) is 9.30. The molecular formula is C31H43N7O4. The summed E-state index contributed by atoms with van der Waals surface area (Å²) in [6, 6.07) is 6.29. The van der Waals surface area contributed by atoms with E-state index in [9.17, 15) is 19.2 Å². The van der Waals surface area contributed by atoms with E-state index in [1.165, 1.54) is 4.68 Å². The molecule has 2 aliphatic carbocycles. The highest BCUT2D eigenvalue weighted by molar-refractivity contribution is 6.01. The fourth-order valence-electron chi connectivity index (χ4n) is 6.73. The lowest BCUT2D eigenvalue weighted by atomic mass is 9.83. The minimum Gasteiger partial charge on any atom is -0.357 e. The average Bonchev–Trinajstić information content (AvgIpc) is 3.68. The highest BCUT2D eigenvalue weighted by Gasteiger charge is 2.54. The molecular weight excluding hydrogens is 534 g/mol. The molecule has 1 saturated heterocycles. The van der Waals surface area contributed by atoms with Crippen LogP contribution >= 0.6 is 0 Å². The van der Waals surface area contributed by atoms with Gasteiger partial charge in [0.15, 0.2) is 0 Å². The highest BCUT2D eigenvalue weighted by atomic mass is 16.2. The van der Waals surface area contributed by atoms with Crippen molar-refractivity contribution in [2.24, 2.45) is 18.4 Å². The van der Waals surface area contributed by atoms with Crippen LogP contribution in [-0.2, 0) is 29.5 Å². The number of aryl methyl sites for hydroxylation is 1. The van der Waals surface area contributed by atoms with E-state index in [4.69, 9.17) is 0 Å². The topological polar surface area (TPSA) is 137 Å². The molecule has 3 aliphatic rings. The number of carbonyl (C=O) groups is 4. The average molecular weight is 578 g/mol. The monoisotopic (exact) mass is 577 g/mol. The van der Waals surface area contributed by atoms with Gasteiger partial charge in [-0.25, -0.2) is 4.79 Å². The zero-order chi connectivity index (χ0) is 30.2. The smallest absolute Gasteiger partial charge is 0.318 e. The van der Waals surface area contributed by atoms with Crippen LogP contribution in [0.3, 0.4) is 0 Å². The number of hydrogen-bond acceptors (Lipinski definition) is 5. The zero-order valence-electron chi connectivity index (χ0n) is 25.3. The summed E-state index contributed by atoms with van der Waals surface area (Å²) in [6.07, 6.45) is 7.22. The van der Waals surface area contributed by atoms with Crippen molar-refractivity contribution < 1.29 is 19.2 Å². The van der Waals surface area contributed by atoms with Crippen LogP contribution in [0, 0.1) is 11.3 Å². The summed E-state index contributed by atoms with van der Waals surface area (Å²) in [5.41, 5.74) is 1.67. The van der Waals surface area contributed by atoms with Gasteiger partial charge in [-0.15, -0.1) is 0 Å². The molecule has 11 heteroatoms. The van der Waals surface area contributed by atoms with Crippen LogP contribution < -0.4 is 21.3 Å². The molecule has 4 N–H and O–H groups in total. The second-order valence-corrected chi connectivity index (χ2v) is 13.1. The second kappa shape index (κ2) is 11.4. The Morgan fingerprint density at radius 2 is 1.79 bits per heavy atom. The maximum Gasteiger partial charge on any atom is 0.318 e. The van der Waals surface area contributed by atoms with Gasteiger partial charge < -0.3 is 26.2 Å². The van der Waals surface area contributed by atoms with Gasteiger partial charge in [-0.2, -0.15) is 5.10 Å². The van der Waals surface area contributed by atoms with E-state index >= 15 is 0 Å². The quantitative estimate of drug-likeness (QED) is 0.401. The molecule has 0 bridgehead atoms. The molecule has 1 aliphatic heterocycles. The maximum atomic E-state index is 13.7. The lowest BCUT2D eigenvalue weighted by Gasteiger charge is -2.36. The van der Waals surface area contributed by atoms with E-state index in [2.05, 4.69) is 47.1 Å². The van der Waals surface area contributed by atoms with Crippen LogP contribution in [0.25, 0.3) is 0 Å². The van der Waals surface area contributed by atoms with Crippen LogP contribution in [0.4, 0.5) is 10.5 Å². The molecule has 0 radical (unpaired) electrons. The number of anilines is 1. The number of urea groups is 1. The molecule has 5 rings (SSSR count). The first-order valence-corrected chi connectivity index (χ1v) is 14.9. The maximum absolute atomic E-state index is 13.7. The lowest BCUT2D eigenvalue weighted by Crippen LogP contribution is -2.60.